The number of ether oxygens (including phenoxy) is 2. The number of sulfonamides is 1. The van der Waals surface area contributed by atoms with Gasteiger partial charge in [-0.2, -0.15) is 4.31 Å². The number of nitrogens with zero attached hydrogens (tertiary/aromatic N) is 3. The Balaban J connectivity index is 1.81. The fourth-order valence-electron chi connectivity index (χ4n) is 2.73. The molecule has 1 aliphatic rings. The Morgan fingerprint density at radius 1 is 1.00 bits per heavy atom. The van der Waals surface area contributed by atoms with Crippen LogP contribution in [0.4, 0.5) is 11.4 Å². The number of nitro benzene ring substituents is 2. The predicted octanol–water partition coefficient (Wildman–Crippen LogP) is 2.10. The number of benzene rings is 2. The summed E-state index contributed by atoms with van der Waals surface area (Å²) in [5.41, 5.74) is -0.00596. The number of rotatable bonds is 7. The van der Waals surface area contributed by atoms with Crippen molar-refractivity contribution < 1.29 is 27.7 Å². The number of hydrogen-bond acceptors (Lipinski definition) is 8. The zero-order chi connectivity index (χ0) is 21.0. The molecule has 0 atom stereocenters. The lowest BCUT2D eigenvalue weighted by molar-refractivity contribution is -0.386. The van der Waals surface area contributed by atoms with E-state index < -0.39 is 25.6 Å². The smallest absolute Gasteiger partial charge is 0.312 e. The molecule has 0 unspecified atom stereocenters. The largest absolute Gasteiger partial charge is 0.482 e. The van der Waals surface area contributed by atoms with Crippen molar-refractivity contribution in [1.29, 1.82) is 0 Å². The maximum Gasteiger partial charge on any atom is 0.312 e. The zero-order valence-electron chi connectivity index (χ0n) is 15.1. The number of morpholine rings is 1. The Hall–Kier alpha value is -3.09. The van der Waals surface area contributed by atoms with Crippen molar-refractivity contribution in [3.05, 3.63) is 68.3 Å². The summed E-state index contributed by atoms with van der Waals surface area (Å²) < 4.78 is 37.2. The van der Waals surface area contributed by atoms with Crippen molar-refractivity contribution in [1.82, 2.24) is 4.31 Å². The third kappa shape index (κ3) is 4.67. The molecule has 0 aliphatic carbocycles. The third-order valence-electron chi connectivity index (χ3n) is 4.28. The van der Waals surface area contributed by atoms with Crippen LogP contribution in [0, 0.1) is 20.2 Å². The Labute approximate surface area is 165 Å². The molecule has 1 saturated heterocycles. The van der Waals surface area contributed by atoms with Gasteiger partial charge >= 0.3 is 5.69 Å². The van der Waals surface area contributed by atoms with Gasteiger partial charge in [0.15, 0.2) is 5.75 Å². The minimum Gasteiger partial charge on any atom is -0.482 e. The van der Waals surface area contributed by atoms with Gasteiger partial charge in [-0.05, 0) is 29.8 Å². The molecule has 0 radical (unpaired) electrons. The molecule has 1 heterocycles. The highest BCUT2D eigenvalue weighted by atomic mass is 32.2. The lowest BCUT2D eigenvalue weighted by Gasteiger charge is -2.26. The quantitative estimate of drug-likeness (QED) is 0.487. The molecular weight excluding hydrogens is 406 g/mol. The molecular formula is C17H17N3O8S. The molecule has 1 aliphatic heterocycles. The standard InChI is InChI=1S/C17H17N3O8S/c21-19(22)14-3-1-13(2-4-14)12-28-17-6-5-15(11-16(17)20(23)24)29(25,26)18-7-9-27-10-8-18/h1-6,11H,7-10,12H2. The van der Waals surface area contributed by atoms with Gasteiger partial charge in [0.05, 0.1) is 28.0 Å². The highest BCUT2D eigenvalue weighted by Gasteiger charge is 2.29. The van der Waals surface area contributed by atoms with E-state index in [1.165, 1.54) is 40.7 Å². The number of hydrogen-bond donors (Lipinski definition) is 0. The first-order valence-electron chi connectivity index (χ1n) is 8.51. The van der Waals surface area contributed by atoms with Crippen molar-refractivity contribution in [3.8, 4) is 5.75 Å². The van der Waals surface area contributed by atoms with Crippen molar-refractivity contribution in [2.45, 2.75) is 11.5 Å². The summed E-state index contributed by atoms with van der Waals surface area (Å²) in [6.07, 6.45) is 0. The van der Waals surface area contributed by atoms with Crippen LogP contribution in [0.15, 0.2) is 47.4 Å². The molecule has 0 aromatic heterocycles. The topological polar surface area (TPSA) is 142 Å². The van der Waals surface area contributed by atoms with E-state index in [4.69, 9.17) is 9.47 Å². The van der Waals surface area contributed by atoms with Crippen molar-refractivity contribution in [3.63, 3.8) is 0 Å². The highest BCUT2D eigenvalue weighted by molar-refractivity contribution is 7.89. The molecule has 11 nitrogen and oxygen atoms in total. The third-order valence-corrected chi connectivity index (χ3v) is 6.17. The van der Waals surface area contributed by atoms with E-state index in [0.29, 0.717) is 5.56 Å². The Kier molecular flexibility index (Phi) is 6.06. The summed E-state index contributed by atoms with van der Waals surface area (Å²) in [5, 5.41) is 22.1. The van der Waals surface area contributed by atoms with E-state index in [1.807, 2.05) is 0 Å². The summed E-state index contributed by atoms with van der Waals surface area (Å²) in [5.74, 6) is -0.103. The first kappa shape index (κ1) is 20.6. The molecule has 0 spiro atoms. The second kappa shape index (κ2) is 8.51. The molecule has 3 rings (SSSR count). The average Bonchev–Trinajstić information content (AvgIpc) is 2.73. The van der Waals surface area contributed by atoms with Crippen LogP contribution in [-0.4, -0.2) is 48.9 Å². The maximum absolute atomic E-state index is 12.7. The van der Waals surface area contributed by atoms with Gasteiger partial charge in [0, 0.05) is 31.3 Å². The van der Waals surface area contributed by atoms with E-state index in [1.54, 1.807) is 0 Å². The van der Waals surface area contributed by atoms with E-state index in [-0.39, 0.29) is 49.2 Å². The van der Waals surface area contributed by atoms with Gasteiger partial charge < -0.3 is 9.47 Å². The monoisotopic (exact) mass is 423 g/mol. The van der Waals surface area contributed by atoms with Gasteiger partial charge in [-0.1, -0.05) is 0 Å². The summed E-state index contributed by atoms with van der Waals surface area (Å²) in [6, 6.07) is 8.99. The molecule has 0 amide bonds. The number of nitro groups is 2. The first-order chi connectivity index (χ1) is 13.8. The zero-order valence-corrected chi connectivity index (χ0v) is 15.9. The van der Waals surface area contributed by atoms with Crippen LogP contribution < -0.4 is 4.74 Å². The van der Waals surface area contributed by atoms with Crippen LogP contribution in [0.5, 0.6) is 5.75 Å². The van der Waals surface area contributed by atoms with Crippen molar-refractivity contribution in [2.75, 3.05) is 26.3 Å². The minimum absolute atomic E-state index is 0.0750. The summed E-state index contributed by atoms with van der Waals surface area (Å²) >= 11 is 0. The Bertz CT molecular complexity index is 1020. The molecule has 1 fully saturated rings. The average molecular weight is 423 g/mol. The molecule has 2 aromatic carbocycles. The van der Waals surface area contributed by atoms with Crippen LogP contribution in [0.1, 0.15) is 5.56 Å². The second-order valence-electron chi connectivity index (χ2n) is 6.12. The fourth-order valence-corrected chi connectivity index (χ4v) is 4.16. The number of non-ortho nitro benzene ring substituents is 1. The van der Waals surface area contributed by atoms with Gasteiger partial charge in [0.2, 0.25) is 10.0 Å². The molecule has 0 bridgehead atoms. The van der Waals surface area contributed by atoms with E-state index >= 15 is 0 Å². The summed E-state index contributed by atoms with van der Waals surface area (Å²) in [7, 11) is -3.89. The molecule has 0 saturated carbocycles. The van der Waals surface area contributed by atoms with E-state index in [0.717, 1.165) is 6.07 Å². The van der Waals surface area contributed by atoms with Gasteiger partial charge in [-0.3, -0.25) is 20.2 Å². The second-order valence-corrected chi connectivity index (χ2v) is 8.05. The van der Waals surface area contributed by atoms with Gasteiger partial charge in [-0.15, -0.1) is 0 Å². The minimum atomic E-state index is -3.89. The van der Waals surface area contributed by atoms with E-state index in [2.05, 4.69) is 0 Å². The molecule has 29 heavy (non-hydrogen) atoms. The lowest BCUT2D eigenvalue weighted by Crippen LogP contribution is -2.40. The first-order valence-corrected chi connectivity index (χ1v) is 9.95. The van der Waals surface area contributed by atoms with Crippen LogP contribution in [0.25, 0.3) is 0 Å². The van der Waals surface area contributed by atoms with Crippen LogP contribution in [0.2, 0.25) is 0 Å². The molecule has 154 valence electrons. The van der Waals surface area contributed by atoms with Crippen molar-refractivity contribution >= 4 is 21.4 Å². The Morgan fingerprint density at radius 2 is 1.66 bits per heavy atom. The van der Waals surface area contributed by atoms with E-state index in [9.17, 15) is 28.6 Å². The SMILES string of the molecule is O=[N+]([O-])c1ccc(COc2ccc(S(=O)(=O)N3CCOCC3)cc2[N+](=O)[O-])cc1. The molecule has 2 aromatic rings. The van der Waals surface area contributed by atoms with Crippen LogP contribution in [0.3, 0.4) is 0 Å². The molecule has 0 N–H and O–H groups in total. The maximum atomic E-state index is 12.7. The highest BCUT2D eigenvalue weighted by Crippen LogP contribution is 2.31. The van der Waals surface area contributed by atoms with Gasteiger partial charge in [-0.25, -0.2) is 8.42 Å². The molecule has 12 heteroatoms. The summed E-state index contributed by atoms with van der Waals surface area (Å²) in [4.78, 5) is 20.7. The van der Waals surface area contributed by atoms with Crippen LogP contribution >= 0.6 is 0 Å². The fraction of sp³-hybridized carbons (Fsp3) is 0.294. The van der Waals surface area contributed by atoms with Crippen LogP contribution in [-0.2, 0) is 21.4 Å². The van der Waals surface area contributed by atoms with Gasteiger partial charge in [0.25, 0.3) is 5.69 Å². The normalized spacial score (nSPS) is 15.0. The summed E-state index contributed by atoms with van der Waals surface area (Å²) in [6.45, 7) is 0.799. The predicted molar refractivity (Wildman–Crippen MR) is 100 cm³/mol. The lowest BCUT2D eigenvalue weighted by atomic mass is 10.2. The van der Waals surface area contributed by atoms with Gasteiger partial charge in [0.1, 0.15) is 6.61 Å². The van der Waals surface area contributed by atoms with Crippen molar-refractivity contribution in [2.24, 2.45) is 0 Å². The Morgan fingerprint density at radius 3 is 2.24 bits per heavy atom.